The summed E-state index contributed by atoms with van der Waals surface area (Å²) in [6, 6.07) is 9.02. The summed E-state index contributed by atoms with van der Waals surface area (Å²) in [5.41, 5.74) is 3.26. The molecule has 0 spiro atoms. The van der Waals surface area contributed by atoms with Crippen LogP contribution in [0.5, 0.6) is 0 Å². The van der Waals surface area contributed by atoms with Gasteiger partial charge in [-0.1, -0.05) is 30.7 Å². The molecule has 2 atom stereocenters. The Bertz CT molecular complexity index is 283. The monoisotopic (exact) mass is 172 g/mol. The second kappa shape index (κ2) is 2.87. The molecule has 0 unspecified atom stereocenters. The normalized spacial score (nSPS) is 31.1. The highest BCUT2D eigenvalue weighted by atomic mass is 14.4. The van der Waals surface area contributed by atoms with Crippen molar-refractivity contribution in [2.75, 3.05) is 0 Å². The molecule has 0 amide bonds. The van der Waals surface area contributed by atoms with Gasteiger partial charge in [-0.15, -0.1) is 0 Å². The van der Waals surface area contributed by atoms with E-state index >= 15 is 0 Å². The molecule has 0 heteroatoms. The van der Waals surface area contributed by atoms with E-state index in [2.05, 4.69) is 24.3 Å². The first-order valence-corrected chi connectivity index (χ1v) is 5.50. The van der Waals surface area contributed by atoms with Crippen LogP contribution in [0.3, 0.4) is 0 Å². The van der Waals surface area contributed by atoms with Crippen LogP contribution < -0.4 is 0 Å². The summed E-state index contributed by atoms with van der Waals surface area (Å²) >= 11 is 0. The van der Waals surface area contributed by atoms with Gasteiger partial charge in [-0.3, -0.25) is 0 Å². The third-order valence-corrected chi connectivity index (χ3v) is 3.90. The molecule has 0 N–H and O–H groups in total. The lowest BCUT2D eigenvalue weighted by molar-refractivity contribution is 0.361. The minimum absolute atomic E-state index is 1.02. The molecule has 0 radical (unpaired) electrons. The molecule has 13 heavy (non-hydrogen) atoms. The molecule has 1 saturated carbocycles. The molecule has 1 aromatic carbocycles. The lowest BCUT2D eigenvalue weighted by Gasteiger charge is -2.27. The number of benzene rings is 1. The quantitative estimate of drug-likeness (QED) is 0.563. The second-order valence-electron chi connectivity index (χ2n) is 4.63. The second-order valence-corrected chi connectivity index (χ2v) is 4.63. The van der Waals surface area contributed by atoms with Gasteiger partial charge in [0, 0.05) is 0 Å². The van der Waals surface area contributed by atoms with E-state index in [0.717, 1.165) is 11.8 Å². The summed E-state index contributed by atoms with van der Waals surface area (Å²) in [5.74, 6) is 2.05. The average Bonchev–Trinajstić information content (AvgIpc) is 2.61. The summed E-state index contributed by atoms with van der Waals surface area (Å²) in [7, 11) is 0. The van der Waals surface area contributed by atoms with Gasteiger partial charge in [0.05, 0.1) is 0 Å². The smallest absolute Gasteiger partial charge is 0.0245 e. The van der Waals surface area contributed by atoms with Crippen molar-refractivity contribution in [2.45, 2.75) is 32.1 Å². The van der Waals surface area contributed by atoms with E-state index in [1.807, 2.05) is 0 Å². The Kier molecular flexibility index (Phi) is 1.68. The van der Waals surface area contributed by atoms with Gasteiger partial charge in [0.1, 0.15) is 0 Å². The predicted molar refractivity (Wildman–Crippen MR) is 54.7 cm³/mol. The molecule has 0 heterocycles. The van der Waals surface area contributed by atoms with Crippen LogP contribution in [-0.4, -0.2) is 0 Å². The number of fused-ring (bicyclic) bond motifs is 2. The van der Waals surface area contributed by atoms with Crippen LogP contribution in [0.2, 0.25) is 0 Å². The topological polar surface area (TPSA) is 0 Å². The standard InChI is InChI=1S/C13H16/c1-2-5-11-9-13-7-3-6-12(13)8-10(11)4-1/h1-2,4-5,12-13H,3,6-9H2/t12-,13-/m1/s1. The van der Waals surface area contributed by atoms with E-state index in [0.29, 0.717) is 0 Å². The van der Waals surface area contributed by atoms with E-state index in [1.54, 1.807) is 11.1 Å². The maximum absolute atomic E-state index is 2.32. The van der Waals surface area contributed by atoms with Crippen LogP contribution in [0.25, 0.3) is 0 Å². The Labute approximate surface area is 80.0 Å². The van der Waals surface area contributed by atoms with Crippen LogP contribution in [-0.2, 0) is 12.8 Å². The Balaban J connectivity index is 1.97. The zero-order valence-electron chi connectivity index (χ0n) is 8.00. The van der Waals surface area contributed by atoms with Gasteiger partial charge in [-0.05, 0) is 48.6 Å². The number of hydrogen-bond acceptors (Lipinski definition) is 0. The van der Waals surface area contributed by atoms with E-state index < -0.39 is 0 Å². The average molecular weight is 172 g/mol. The lowest BCUT2D eigenvalue weighted by atomic mass is 9.78. The van der Waals surface area contributed by atoms with Gasteiger partial charge in [0.25, 0.3) is 0 Å². The van der Waals surface area contributed by atoms with Gasteiger partial charge in [0.2, 0.25) is 0 Å². The predicted octanol–water partition coefficient (Wildman–Crippen LogP) is 3.20. The van der Waals surface area contributed by atoms with Crippen LogP contribution >= 0.6 is 0 Å². The first kappa shape index (κ1) is 7.61. The van der Waals surface area contributed by atoms with Gasteiger partial charge in [-0.25, -0.2) is 0 Å². The first-order valence-electron chi connectivity index (χ1n) is 5.50. The molecule has 2 aliphatic carbocycles. The van der Waals surface area contributed by atoms with Crippen molar-refractivity contribution in [3.8, 4) is 0 Å². The van der Waals surface area contributed by atoms with Crippen LogP contribution in [0.1, 0.15) is 30.4 Å². The largest absolute Gasteiger partial charge is 0.0620 e. The van der Waals surface area contributed by atoms with Crippen LogP contribution in [0.15, 0.2) is 24.3 Å². The van der Waals surface area contributed by atoms with Crippen molar-refractivity contribution < 1.29 is 0 Å². The molecular weight excluding hydrogens is 156 g/mol. The maximum Gasteiger partial charge on any atom is -0.0245 e. The third-order valence-electron chi connectivity index (χ3n) is 3.90. The number of rotatable bonds is 0. The zero-order chi connectivity index (χ0) is 8.67. The van der Waals surface area contributed by atoms with Gasteiger partial charge in [-0.2, -0.15) is 0 Å². The SMILES string of the molecule is c1ccc2c(c1)C[C@H]1CCC[C@@H]1C2. The molecule has 0 saturated heterocycles. The summed E-state index contributed by atoms with van der Waals surface area (Å²) in [5, 5.41) is 0. The summed E-state index contributed by atoms with van der Waals surface area (Å²) in [6.07, 6.45) is 7.17. The Morgan fingerprint density at radius 1 is 0.846 bits per heavy atom. The van der Waals surface area contributed by atoms with Crippen molar-refractivity contribution in [3.05, 3.63) is 35.4 Å². The molecule has 0 aromatic heterocycles. The van der Waals surface area contributed by atoms with E-state index in [-0.39, 0.29) is 0 Å². The molecular formula is C13H16. The summed E-state index contributed by atoms with van der Waals surface area (Å²) in [4.78, 5) is 0. The molecule has 0 nitrogen and oxygen atoms in total. The Morgan fingerprint density at radius 2 is 1.38 bits per heavy atom. The molecule has 0 aliphatic heterocycles. The number of hydrogen-bond donors (Lipinski definition) is 0. The Hall–Kier alpha value is -0.780. The van der Waals surface area contributed by atoms with E-state index in [4.69, 9.17) is 0 Å². The Morgan fingerprint density at radius 3 is 1.92 bits per heavy atom. The van der Waals surface area contributed by atoms with Crippen molar-refractivity contribution in [3.63, 3.8) is 0 Å². The molecule has 1 fully saturated rings. The highest BCUT2D eigenvalue weighted by Crippen LogP contribution is 2.40. The fraction of sp³-hybridized carbons (Fsp3) is 0.538. The molecule has 0 bridgehead atoms. The van der Waals surface area contributed by atoms with E-state index in [9.17, 15) is 0 Å². The maximum atomic E-state index is 2.32. The summed E-state index contributed by atoms with van der Waals surface area (Å²) in [6.45, 7) is 0. The summed E-state index contributed by atoms with van der Waals surface area (Å²) < 4.78 is 0. The van der Waals surface area contributed by atoms with Gasteiger partial charge < -0.3 is 0 Å². The minimum Gasteiger partial charge on any atom is -0.0620 e. The molecule has 68 valence electrons. The first-order chi connectivity index (χ1) is 6.43. The van der Waals surface area contributed by atoms with Gasteiger partial charge >= 0.3 is 0 Å². The van der Waals surface area contributed by atoms with Gasteiger partial charge in [0.15, 0.2) is 0 Å². The van der Waals surface area contributed by atoms with Crippen LogP contribution in [0.4, 0.5) is 0 Å². The highest BCUT2D eigenvalue weighted by molar-refractivity contribution is 5.30. The third kappa shape index (κ3) is 1.20. The van der Waals surface area contributed by atoms with Crippen molar-refractivity contribution in [1.29, 1.82) is 0 Å². The molecule has 1 aromatic rings. The van der Waals surface area contributed by atoms with Crippen molar-refractivity contribution >= 4 is 0 Å². The van der Waals surface area contributed by atoms with Crippen LogP contribution in [0, 0.1) is 11.8 Å². The highest BCUT2D eigenvalue weighted by Gasteiger charge is 2.31. The molecule has 2 aliphatic rings. The molecule has 3 rings (SSSR count). The van der Waals surface area contributed by atoms with Crippen molar-refractivity contribution in [1.82, 2.24) is 0 Å². The zero-order valence-corrected chi connectivity index (χ0v) is 8.00. The lowest BCUT2D eigenvalue weighted by Crippen LogP contribution is -2.20. The van der Waals surface area contributed by atoms with Crippen molar-refractivity contribution in [2.24, 2.45) is 11.8 Å². The fourth-order valence-corrected chi connectivity index (χ4v) is 3.17. The minimum atomic E-state index is 1.02. The fourth-order valence-electron chi connectivity index (χ4n) is 3.17. The van der Waals surface area contributed by atoms with E-state index in [1.165, 1.54) is 32.1 Å².